The Kier molecular flexibility index (Phi) is 4.97. The van der Waals surface area contributed by atoms with Crippen molar-refractivity contribution in [2.24, 2.45) is 0 Å². The SMILES string of the molecule is CC.FS(F)(F)(F)(F)c1ccc(Oc2nccnc2-c2ccc3nc[nH]c3c2)cc1. The Morgan fingerprint density at radius 2 is 1.50 bits per heavy atom. The second kappa shape index (κ2) is 6.94. The van der Waals surface area contributed by atoms with Crippen molar-refractivity contribution in [2.45, 2.75) is 18.7 Å². The van der Waals surface area contributed by atoms with Crippen molar-refractivity contribution >= 4 is 21.3 Å². The van der Waals surface area contributed by atoms with Gasteiger partial charge < -0.3 is 9.72 Å². The number of rotatable bonds is 4. The number of imidazole rings is 1. The fraction of sp³-hybridized carbons (Fsp3) is 0.105. The Morgan fingerprint density at radius 3 is 2.17 bits per heavy atom. The van der Waals surface area contributed by atoms with Crippen molar-refractivity contribution in [2.75, 3.05) is 0 Å². The molecular formula is C19H17F5N4OS. The molecule has 160 valence electrons. The number of nitrogens with one attached hydrogen (secondary N) is 1. The van der Waals surface area contributed by atoms with Crippen LogP contribution in [0.2, 0.25) is 0 Å². The van der Waals surface area contributed by atoms with Gasteiger partial charge in [-0.1, -0.05) is 39.3 Å². The highest BCUT2D eigenvalue weighted by Gasteiger charge is 2.65. The lowest BCUT2D eigenvalue weighted by Gasteiger charge is -2.40. The van der Waals surface area contributed by atoms with E-state index in [1.165, 1.54) is 18.7 Å². The molecule has 2 aromatic heterocycles. The number of hydrogen-bond acceptors (Lipinski definition) is 4. The number of fused-ring (bicyclic) bond motifs is 1. The molecule has 0 amide bonds. The normalized spacial score (nSPS) is 13.7. The molecule has 1 N–H and O–H groups in total. The number of halogens is 5. The molecule has 0 aliphatic heterocycles. The number of benzene rings is 2. The van der Waals surface area contributed by atoms with Gasteiger partial charge in [0.1, 0.15) is 16.3 Å². The van der Waals surface area contributed by atoms with Gasteiger partial charge in [-0.05, 0) is 36.4 Å². The van der Waals surface area contributed by atoms with E-state index in [1.807, 2.05) is 13.8 Å². The first kappa shape index (κ1) is 21.5. The molecule has 0 saturated carbocycles. The van der Waals surface area contributed by atoms with Gasteiger partial charge in [0.2, 0.25) is 5.88 Å². The highest BCUT2D eigenvalue weighted by molar-refractivity contribution is 8.45. The Morgan fingerprint density at radius 1 is 0.833 bits per heavy atom. The molecule has 0 unspecified atom stereocenters. The standard InChI is InChI=1S/C17H11F5N4OS.C2H6/c18-28(19,20,21,22)13-4-2-12(3-5-13)27-17-16(23-7-8-24-17)11-1-6-14-15(9-11)26-10-25-14;1-2/h1-10H,(H,25,26);1-2H3. The monoisotopic (exact) mass is 444 g/mol. The Bertz CT molecular complexity index is 1180. The third kappa shape index (κ3) is 4.67. The van der Waals surface area contributed by atoms with E-state index in [0.29, 0.717) is 11.3 Å². The minimum absolute atomic E-state index is 0.0152. The van der Waals surface area contributed by atoms with Gasteiger partial charge >= 0.3 is 10.2 Å². The number of nitrogens with zero attached hydrogens (tertiary/aromatic N) is 3. The summed E-state index contributed by atoms with van der Waals surface area (Å²) >= 11 is 0. The van der Waals surface area contributed by atoms with E-state index >= 15 is 0 Å². The Hall–Kier alpha value is -3.21. The molecule has 0 atom stereocenters. The first-order valence-electron chi connectivity index (χ1n) is 8.76. The number of aromatic amines is 1. The number of ether oxygens (including phenoxy) is 1. The zero-order chi connectivity index (χ0) is 22.1. The Balaban J connectivity index is 0.00000124. The molecule has 0 saturated heterocycles. The van der Waals surface area contributed by atoms with Gasteiger partial charge in [0.05, 0.1) is 17.4 Å². The van der Waals surface area contributed by atoms with Crippen molar-refractivity contribution < 1.29 is 24.2 Å². The average molecular weight is 444 g/mol. The lowest BCUT2D eigenvalue weighted by Crippen LogP contribution is -2.05. The summed E-state index contributed by atoms with van der Waals surface area (Å²) in [6, 6.07) is 7.43. The fourth-order valence-corrected chi connectivity index (χ4v) is 3.21. The highest BCUT2D eigenvalue weighted by atomic mass is 32.5. The summed E-state index contributed by atoms with van der Waals surface area (Å²) in [7, 11) is -9.73. The summed E-state index contributed by atoms with van der Waals surface area (Å²) in [6.45, 7) is 4.00. The average Bonchev–Trinajstić information content (AvgIpc) is 3.16. The summed E-state index contributed by atoms with van der Waals surface area (Å²) in [4.78, 5) is 13.3. The molecule has 30 heavy (non-hydrogen) atoms. The molecule has 11 heteroatoms. The molecular weight excluding hydrogens is 427 g/mol. The summed E-state index contributed by atoms with van der Waals surface area (Å²) < 4.78 is 69.6. The Labute approximate surface area is 168 Å². The molecule has 0 aliphatic rings. The lowest BCUT2D eigenvalue weighted by molar-refractivity contribution is 0.363. The second-order valence-electron chi connectivity index (χ2n) is 5.89. The molecule has 0 fully saturated rings. The molecule has 4 aromatic rings. The van der Waals surface area contributed by atoms with Gasteiger partial charge in [0.15, 0.2) is 0 Å². The van der Waals surface area contributed by atoms with Gasteiger partial charge in [-0.2, -0.15) is 0 Å². The van der Waals surface area contributed by atoms with Crippen molar-refractivity contribution in [3.05, 3.63) is 61.2 Å². The topological polar surface area (TPSA) is 63.7 Å². The summed E-state index contributed by atoms with van der Waals surface area (Å²) in [6.07, 6.45) is 4.30. The molecule has 2 heterocycles. The third-order valence-electron chi connectivity index (χ3n) is 3.84. The minimum atomic E-state index is -9.73. The zero-order valence-electron chi connectivity index (χ0n) is 15.8. The van der Waals surface area contributed by atoms with Gasteiger partial charge in [-0.25, -0.2) is 15.0 Å². The van der Waals surface area contributed by atoms with E-state index in [-0.39, 0.29) is 23.8 Å². The van der Waals surface area contributed by atoms with Crippen LogP contribution < -0.4 is 4.74 Å². The number of H-pyrrole nitrogens is 1. The van der Waals surface area contributed by atoms with Crippen LogP contribution in [0.15, 0.2) is 66.1 Å². The van der Waals surface area contributed by atoms with Crippen LogP contribution in [0.5, 0.6) is 11.6 Å². The largest absolute Gasteiger partial charge is 0.437 e. The predicted molar refractivity (Wildman–Crippen MR) is 106 cm³/mol. The van der Waals surface area contributed by atoms with Crippen molar-refractivity contribution in [3.63, 3.8) is 0 Å². The minimum Gasteiger partial charge on any atom is -0.437 e. The molecule has 0 bridgehead atoms. The van der Waals surface area contributed by atoms with Crippen LogP contribution in [-0.4, -0.2) is 19.9 Å². The maximum atomic E-state index is 12.8. The summed E-state index contributed by atoms with van der Waals surface area (Å²) in [5.41, 5.74) is 2.44. The van der Waals surface area contributed by atoms with Gasteiger partial charge in [-0.3, -0.25) is 0 Å². The van der Waals surface area contributed by atoms with Gasteiger partial charge in [0.25, 0.3) is 0 Å². The van der Waals surface area contributed by atoms with Crippen LogP contribution in [-0.2, 0) is 0 Å². The van der Waals surface area contributed by atoms with Gasteiger partial charge in [0, 0.05) is 18.0 Å². The lowest BCUT2D eigenvalue weighted by atomic mass is 10.1. The first-order valence-corrected chi connectivity index (χ1v) is 10.7. The maximum absolute atomic E-state index is 12.8. The van der Waals surface area contributed by atoms with Crippen LogP contribution in [0.25, 0.3) is 22.3 Å². The number of aromatic nitrogens is 4. The summed E-state index contributed by atoms with van der Waals surface area (Å²) in [5, 5.41) is 0. The van der Waals surface area contributed by atoms with Crippen LogP contribution in [0.1, 0.15) is 13.8 Å². The molecule has 2 aromatic carbocycles. The number of hydrogen-bond donors (Lipinski definition) is 1. The van der Waals surface area contributed by atoms with E-state index < -0.39 is 15.1 Å². The van der Waals surface area contributed by atoms with Gasteiger partial charge in [-0.15, -0.1) is 0 Å². The van der Waals surface area contributed by atoms with E-state index in [0.717, 1.165) is 23.2 Å². The zero-order valence-corrected chi connectivity index (χ0v) is 16.6. The second-order valence-corrected chi connectivity index (χ2v) is 8.30. The summed E-state index contributed by atoms with van der Waals surface area (Å²) in [5.74, 6) is -0.0728. The molecule has 5 nitrogen and oxygen atoms in total. The van der Waals surface area contributed by atoms with Crippen LogP contribution in [0.3, 0.4) is 0 Å². The van der Waals surface area contributed by atoms with Crippen molar-refractivity contribution in [3.8, 4) is 22.9 Å². The van der Waals surface area contributed by atoms with E-state index in [1.54, 1.807) is 18.2 Å². The maximum Gasteiger partial charge on any atom is 0.310 e. The quantitative estimate of drug-likeness (QED) is 0.331. The van der Waals surface area contributed by atoms with Crippen molar-refractivity contribution in [1.82, 2.24) is 19.9 Å². The highest BCUT2D eigenvalue weighted by Crippen LogP contribution is 3.02. The van der Waals surface area contributed by atoms with E-state index in [4.69, 9.17) is 4.74 Å². The van der Waals surface area contributed by atoms with E-state index in [2.05, 4.69) is 19.9 Å². The fourth-order valence-electron chi connectivity index (χ4n) is 2.56. The molecule has 0 radical (unpaired) electrons. The van der Waals surface area contributed by atoms with Crippen LogP contribution in [0, 0.1) is 0 Å². The van der Waals surface area contributed by atoms with Crippen LogP contribution >= 0.6 is 10.2 Å². The first-order chi connectivity index (χ1) is 14.0. The smallest absolute Gasteiger partial charge is 0.310 e. The molecule has 0 spiro atoms. The van der Waals surface area contributed by atoms with Crippen LogP contribution in [0.4, 0.5) is 19.4 Å². The molecule has 4 rings (SSSR count). The van der Waals surface area contributed by atoms with Crippen molar-refractivity contribution in [1.29, 1.82) is 0 Å². The van der Waals surface area contributed by atoms with E-state index in [9.17, 15) is 19.4 Å². The predicted octanol–water partition coefficient (Wildman–Crippen LogP) is 7.50. The third-order valence-corrected chi connectivity index (χ3v) is 5.01. The molecule has 0 aliphatic carbocycles.